The minimum Gasteiger partial charge on any atom is -0.309 e. The Hall–Kier alpha value is -5.34. The third kappa shape index (κ3) is 6.31. The Balaban J connectivity index is 0.00000197. The van der Waals surface area contributed by atoms with Gasteiger partial charge in [0.1, 0.15) is 0 Å². The van der Waals surface area contributed by atoms with E-state index in [-0.39, 0.29) is 0 Å². The van der Waals surface area contributed by atoms with Gasteiger partial charge in [-0.05, 0) is 86.3 Å². The average molecular weight is 627 g/mol. The van der Waals surface area contributed by atoms with E-state index in [2.05, 4.69) is 183 Å². The molecule has 0 heterocycles. The van der Waals surface area contributed by atoms with Crippen molar-refractivity contribution in [3.8, 4) is 0 Å². The number of hydrogen-bond donors (Lipinski definition) is 0. The molecular formula is C46H46N2. The minimum atomic E-state index is 1.01. The zero-order valence-electron chi connectivity index (χ0n) is 29.2. The standard InChI is InChI=1S/C44H40N2.C2H6/c1-5-33-19-27-37(28-20-33)45(35-23-15-31(3)16-24-35)43-39-11-7-9-13-41(39)44(42-14-10-8-12-40(42)43)46(36-25-17-32(4)18-26-36)38-29-21-34(6-2)22-30-38;1-2/h7-30H,5-6H2,1-4H3;1-2H3. The van der Waals surface area contributed by atoms with Gasteiger partial charge >= 0.3 is 0 Å². The lowest BCUT2D eigenvalue weighted by Crippen LogP contribution is -2.14. The fraction of sp³-hybridized carbons (Fsp3) is 0.174. The van der Waals surface area contributed by atoms with Crippen LogP contribution in [0.1, 0.15) is 49.9 Å². The summed E-state index contributed by atoms with van der Waals surface area (Å²) >= 11 is 0. The second kappa shape index (κ2) is 14.6. The van der Waals surface area contributed by atoms with Crippen LogP contribution in [0.25, 0.3) is 21.5 Å². The second-order valence-corrected chi connectivity index (χ2v) is 12.2. The molecular weight excluding hydrogens is 581 g/mol. The van der Waals surface area contributed by atoms with Crippen LogP contribution in [0.15, 0.2) is 146 Å². The molecule has 0 saturated carbocycles. The van der Waals surface area contributed by atoms with Gasteiger partial charge in [0, 0.05) is 44.3 Å². The third-order valence-corrected chi connectivity index (χ3v) is 9.11. The van der Waals surface area contributed by atoms with Crippen LogP contribution in [-0.2, 0) is 12.8 Å². The number of rotatable bonds is 8. The summed E-state index contributed by atoms with van der Waals surface area (Å²) in [4.78, 5) is 4.89. The molecule has 0 saturated heterocycles. The van der Waals surface area contributed by atoms with Crippen LogP contribution in [0.3, 0.4) is 0 Å². The quantitative estimate of drug-likeness (QED) is 0.122. The highest BCUT2D eigenvalue weighted by Crippen LogP contribution is 2.50. The van der Waals surface area contributed by atoms with Crippen molar-refractivity contribution in [2.75, 3.05) is 9.80 Å². The highest BCUT2D eigenvalue weighted by atomic mass is 15.2. The highest BCUT2D eigenvalue weighted by molar-refractivity contribution is 6.23. The fourth-order valence-corrected chi connectivity index (χ4v) is 6.53. The molecule has 0 aromatic heterocycles. The first kappa shape index (κ1) is 32.6. The maximum absolute atomic E-state index is 2.44. The van der Waals surface area contributed by atoms with Crippen molar-refractivity contribution < 1.29 is 0 Å². The van der Waals surface area contributed by atoms with E-state index in [1.807, 2.05) is 13.8 Å². The molecule has 0 spiro atoms. The third-order valence-electron chi connectivity index (χ3n) is 9.11. The average Bonchev–Trinajstić information content (AvgIpc) is 3.15. The molecule has 2 nitrogen and oxygen atoms in total. The summed E-state index contributed by atoms with van der Waals surface area (Å²) in [6.45, 7) is 12.7. The first-order valence-corrected chi connectivity index (χ1v) is 17.4. The highest BCUT2D eigenvalue weighted by Gasteiger charge is 2.25. The van der Waals surface area contributed by atoms with Crippen molar-refractivity contribution in [2.45, 2.75) is 54.4 Å². The van der Waals surface area contributed by atoms with Crippen LogP contribution in [-0.4, -0.2) is 0 Å². The lowest BCUT2D eigenvalue weighted by atomic mass is 9.95. The molecule has 7 aromatic carbocycles. The maximum Gasteiger partial charge on any atom is 0.0619 e. The molecule has 0 atom stereocenters. The number of fused-ring (bicyclic) bond motifs is 2. The Kier molecular flexibility index (Phi) is 9.92. The van der Waals surface area contributed by atoms with Crippen LogP contribution in [0.4, 0.5) is 34.1 Å². The molecule has 0 amide bonds. The Morgan fingerprint density at radius 3 is 0.854 bits per heavy atom. The second-order valence-electron chi connectivity index (χ2n) is 12.2. The van der Waals surface area contributed by atoms with Gasteiger partial charge in [0.2, 0.25) is 0 Å². The van der Waals surface area contributed by atoms with Gasteiger partial charge in [-0.1, -0.05) is 136 Å². The van der Waals surface area contributed by atoms with E-state index in [1.54, 1.807) is 0 Å². The summed E-state index contributed by atoms with van der Waals surface area (Å²) in [5, 5.41) is 4.83. The van der Waals surface area contributed by atoms with E-state index in [0.29, 0.717) is 0 Å². The SMILES string of the molecule is CC.CCc1ccc(N(c2ccc(C)cc2)c2c3ccccc3c(N(c3ccc(C)cc3)c3ccc(CC)cc3)c3ccccc23)cc1. The van der Waals surface area contributed by atoms with Gasteiger partial charge in [0.25, 0.3) is 0 Å². The predicted molar refractivity (Wildman–Crippen MR) is 210 cm³/mol. The van der Waals surface area contributed by atoms with Gasteiger partial charge in [0.15, 0.2) is 0 Å². The molecule has 0 radical (unpaired) electrons. The molecule has 0 unspecified atom stereocenters. The summed E-state index contributed by atoms with van der Waals surface area (Å²) in [7, 11) is 0. The fourth-order valence-electron chi connectivity index (χ4n) is 6.53. The van der Waals surface area contributed by atoms with Gasteiger partial charge in [-0.2, -0.15) is 0 Å². The van der Waals surface area contributed by atoms with Crippen LogP contribution < -0.4 is 9.80 Å². The number of aryl methyl sites for hydroxylation is 4. The Labute approximate surface area is 286 Å². The van der Waals surface area contributed by atoms with Crippen LogP contribution in [0, 0.1) is 13.8 Å². The number of hydrogen-bond acceptors (Lipinski definition) is 2. The molecule has 7 aromatic rings. The topological polar surface area (TPSA) is 6.48 Å². The number of benzene rings is 7. The van der Waals surface area contributed by atoms with Gasteiger partial charge < -0.3 is 9.80 Å². The summed E-state index contributed by atoms with van der Waals surface area (Å²) in [6, 6.07) is 53.8. The molecule has 7 rings (SSSR count). The Morgan fingerprint density at radius 1 is 0.354 bits per heavy atom. The smallest absolute Gasteiger partial charge is 0.0619 e. The lowest BCUT2D eigenvalue weighted by Gasteiger charge is -2.33. The van der Waals surface area contributed by atoms with E-state index in [9.17, 15) is 0 Å². The molecule has 48 heavy (non-hydrogen) atoms. The van der Waals surface area contributed by atoms with Crippen molar-refractivity contribution in [1.29, 1.82) is 0 Å². The van der Waals surface area contributed by atoms with E-state index in [1.165, 1.54) is 55.2 Å². The summed E-state index contributed by atoms with van der Waals surface area (Å²) in [6.07, 6.45) is 2.03. The molecule has 0 aliphatic heterocycles. The largest absolute Gasteiger partial charge is 0.309 e. The zero-order valence-corrected chi connectivity index (χ0v) is 29.2. The lowest BCUT2D eigenvalue weighted by molar-refractivity contribution is 1.14. The molecule has 240 valence electrons. The van der Waals surface area contributed by atoms with Crippen molar-refractivity contribution in [2.24, 2.45) is 0 Å². The van der Waals surface area contributed by atoms with Crippen LogP contribution in [0.5, 0.6) is 0 Å². The first-order chi connectivity index (χ1) is 23.6. The molecule has 2 heteroatoms. The van der Waals surface area contributed by atoms with Gasteiger partial charge in [-0.25, -0.2) is 0 Å². The normalized spacial score (nSPS) is 10.9. The van der Waals surface area contributed by atoms with E-state index in [4.69, 9.17) is 0 Å². The Bertz CT molecular complexity index is 1900. The number of nitrogens with zero attached hydrogens (tertiary/aromatic N) is 2. The number of anilines is 6. The summed E-state index contributed by atoms with van der Waals surface area (Å²) in [5.41, 5.74) is 12.1. The molecule has 0 bridgehead atoms. The summed E-state index contributed by atoms with van der Waals surface area (Å²) < 4.78 is 0. The summed E-state index contributed by atoms with van der Waals surface area (Å²) in [5.74, 6) is 0. The van der Waals surface area contributed by atoms with Gasteiger partial charge in [0.05, 0.1) is 11.4 Å². The van der Waals surface area contributed by atoms with E-state index in [0.717, 1.165) is 35.6 Å². The van der Waals surface area contributed by atoms with Crippen molar-refractivity contribution in [3.63, 3.8) is 0 Å². The van der Waals surface area contributed by atoms with Crippen molar-refractivity contribution in [3.05, 3.63) is 168 Å². The Morgan fingerprint density at radius 2 is 0.604 bits per heavy atom. The first-order valence-electron chi connectivity index (χ1n) is 17.4. The van der Waals surface area contributed by atoms with Gasteiger partial charge in [-0.15, -0.1) is 0 Å². The molecule has 0 aliphatic rings. The van der Waals surface area contributed by atoms with Crippen LogP contribution in [0.2, 0.25) is 0 Å². The predicted octanol–water partition coefficient (Wildman–Crippen LogP) is 13.7. The van der Waals surface area contributed by atoms with Crippen LogP contribution >= 0.6 is 0 Å². The molecule has 0 fully saturated rings. The van der Waals surface area contributed by atoms with Gasteiger partial charge in [-0.3, -0.25) is 0 Å². The van der Waals surface area contributed by atoms with Crippen molar-refractivity contribution >= 4 is 55.7 Å². The monoisotopic (exact) mass is 626 g/mol. The van der Waals surface area contributed by atoms with E-state index >= 15 is 0 Å². The zero-order chi connectivity index (χ0) is 33.6. The van der Waals surface area contributed by atoms with E-state index < -0.39 is 0 Å². The molecule has 0 aliphatic carbocycles. The maximum atomic E-state index is 2.44. The molecule has 0 N–H and O–H groups in total. The van der Waals surface area contributed by atoms with Crippen molar-refractivity contribution in [1.82, 2.24) is 0 Å². The minimum absolute atomic E-state index is 1.01.